The predicted molar refractivity (Wildman–Crippen MR) is 128 cm³/mol. The van der Waals surface area contributed by atoms with Gasteiger partial charge in [0.25, 0.3) is 0 Å². The summed E-state index contributed by atoms with van der Waals surface area (Å²) in [4.78, 5) is 8.35. The van der Waals surface area contributed by atoms with Gasteiger partial charge >= 0.3 is 0 Å². The normalized spacial score (nSPS) is 21.3. The molecule has 33 heavy (non-hydrogen) atoms. The number of aromatic nitrogens is 2. The molecule has 0 aromatic carbocycles. The van der Waals surface area contributed by atoms with E-state index < -0.39 is 5.95 Å². The Morgan fingerprint density at radius 1 is 1.18 bits per heavy atom. The Labute approximate surface area is 199 Å². The Morgan fingerprint density at radius 3 is 2.64 bits per heavy atom. The lowest BCUT2D eigenvalue weighted by molar-refractivity contribution is 0.191. The second-order valence-electron chi connectivity index (χ2n) is 9.00. The van der Waals surface area contributed by atoms with Gasteiger partial charge in [-0.15, -0.1) is 0 Å². The summed E-state index contributed by atoms with van der Waals surface area (Å²) in [7, 11) is 1.72. The highest BCUT2D eigenvalue weighted by atomic mass is 35.5. The summed E-state index contributed by atoms with van der Waals surface area (Å²) in [5.74, 6) is 0.150. The molecule has 3 N–H and O–H groups in total. The lowest BCUT2D eigenvalue weighted by atomic mass is 9.91. The molecule has 0 radical (unpaired) electrons. The summed E-state index contributed by atoms with van der Waals surface area (Å²) >= 11 is 6.43. The van der Waals surface area contributed by atoms with Crippen molar-refractivity contribution in [3.05, 3.63) is 35.5 Å². The summed E-state index contributed by atoms with van der Waals surface area (Å²) in [6.45, 7) is 2.01. The molecule has 0 aliphatic heterocycles. The molecule has 2 saturated carbocycles. The number of rotatable bonds is 10. The number of hydrogen-bond acceptors (Lipinski definition) is 7. The van der Waals surface area contributed by atoms with Gasteiger partial charge in [-0.3, -0.25) is 0 Å². The molecule has 9 heteroatoms. The fourth-order valence-electron chi connectivity index (χ4n) is 4.22. The zero-order valence-electron chi connectivity index (χ0n) is 18.8. The lowest BCUT2D eigenvalue weighted by Crippen LogP contribution is -2.38. The predicted octanol–water partition coefficient (Wildman–Crippen LogP) is 4.61. The quantitative estimate of drug-likeness (QED) is 0.343. The number of hydrogen-bond donors (Lipinski definition) is 3. The first-order valence-electron chi connectivity index (χ1n) is 11.5. The molecule has 2 fully saturated rings. The minimum Gasteiger partial charge on any atom is -0.383 e. The van der Waals surface area contributed by atoms with E-state index in [1.54, 1.807) is 19.4 Å². The third-order valence-corrected chi connectivity index (χ3v) is 6.83. The molecule has 2 heterocycles. The van der Waals surface area contributed by atoms with Crippen LogP contribution >= 0.6 is 11.6 Å². The highest BCUT2D eigenvalue weighted by Gasteiger charge is 2.43. The van der Waals surface area contributed by atoms with Crippen LogP contribution in [0.3, 0.4) is 0 Å². The van der Waals surface area contributed by atoms with E-state index in [4.69, 9.17) is 16.3 Å². The molecular formula is C24H30ClFN6O. The van der Waals surface area contributed by atoms with Crippen molar-refractivity contribution < 1.29 is 9.13 Å². The minimum absolute atomic E-state index is 0.274. The fraction of sp³-hybridized carbons (Fsp3) is 0.542. The number of halogens is 2. The smallest absolute Gasteiger partial charge is 0.236 e. The van der Waals surface area contributed by atoms with E-state index in [0.29, 0.717) is 29.2 Å². The van der Waals surface area contributed by atoms with Gasteiger partial charge in [0.1, 0.15) is 5.82 Å². The van der Waals surface area contributed by atoms with Crippen LogP contribution in [0.1, 0.15) is 38.5 Å². The SMILES string of the molecule is COCCN[C@H]1CC[C@H](Nc2cc(-c3cnc(F)c(NCC4(C#N)CC4)c3)c(Cl)cn2)CC1. The van der Waals surface area contributed by atoms with Gasteiger partial charge in [-0.25, -0.2) is 9.97 Å². The molecule has 0 atom stereocenters. The van der Waals surface area contributed by atoms with Crippen molar-refractivity contribution in [2.24, 2.45) is 5.41 Å². The molecule has 2 aliphatic carbocycles. The molecule has 176 valence electrons. The van der Waals surface area contributed by atoms with Crippen LogP contribution in [0.25, 0.3) is 11.1 Å². The first-order valence-corrected chi connectivity index (χ1v) is 11.9. The Bertz CT molecular complexity index is 1000. The van der Waals surface area contributed by atoms with E-state index in [1.807, 2.05) is 6.07 Å². The summed E-state index contributed by atoms with van der Waals surface area (Å²) < 4.78 is 19.4. The summed E-state index contributed by atoms with van der Waals surface area (Å²) in [5, 5.41) is 19.8. The van der Waals surface area contributed by atoms with Gasteiger partial charge in [0.15, 0.2) is 0 Å². The molecule has 0 amide bonds. The molecule has 0 bridgehead atoms. The second kappa shape index (κ2) is 10.6. The molecule has 2 aromatic heterocycles. The molecule has 7 nitrogen and oxygen atoms in total. The summed E-state index contributed by atoms with van der Waals surface area (Å²) in [6, 6.07) is 6.76. The van der Waals surface area contributed by atoms with Crippen molar-refractivity contribution in [3.63, 3.8) is 0 Å². The van der Waals surface area contributed by atoms with Crippen LogP contribution in [0.15, 0.2) is 24.5 Å². The van der Waals surface area contributed by atoms with Gasteiger partial charge in [-0.1, -0.05) is 11.6 Å². The van der Waals surface area contributed by atoms with E-state index >= 15 is 0 Å². The van der Waals surface area contributed by atoms with E-state index in [-0.39, 0.29) is 11.1 Å². The number of methoxy groups -OCH3 is 1. The van der Waals surface area contributed by atoms with E-state index in [0.717, 1.165) is 63.1 Å². The second-order valence-corrected chi connectivity index (χ2v) is 9.40. The number of anilines is 2. The van der Waals surface area contributed by atoms with Crippen LogP contribution in [0.5, 0.6) is 0 Å². The molecular weight excluding hydrogens is 443 g/mol. The zero-order valence-corrected chi connectivity index (χ0v) is 19.6. The van der Waals surface area contributed by atoms with Crippen molar-refractivity contribution in [1.29, 1.82) is 5.26 Å². The van der Waals surface area contributed by atoms with Crippen molar-refractivity contribution in [1.82, 2.24) is 15.3 Å². The van der Waals surface area contributed by atoms with Crippen LogP contribution in [-0.2, 0) is 4.74 Å². The zero-order chi connectivity index (χ0) is 23.3. The van der Waals surface area contributed by atoms with Crippen LogP contribution in [-0.4, -0.2) is 48.9 Å². The monoisotopic (exact) mass is 472 g/mol. The van der Waals surface area contributed by atoms with Crippen molar-refractivity contribution in [3.8, 4) is 17.2 Å². The summed E-state index contributed by atoms with van der Waals surface area (Å²) in [6.07, 6.45) is 9.06. The van der Waals surface area contributed by atoms with Gasteiger partial charge in [0.05, 0.1) is 28.8 Å². The maximum atomic E-state index is 14.3. The lowest BCUT2D eigenvalue weighted by Gasteiger charge is -2.30. The fourth-order valence-corrected chi connectivity index (χ4v) is 4.43. The first kappa shape index (κ1) is 23.7. The molecule has 0 spiro atoms. The van der Waals surface area contributed by atoms with Crippen molar-refractivity contribution >= 4 is 23.1 Å². The van der Waals surface area contributed by atoms with E-state index in [9.17, 15) is 9.65 Å². The van der Waals surface area contributed by atoms with Gasteiger partial charge in [-0.05, 0) is 50.7 Å². The standard InChI is InChI=1S/C24H30ClFN6O/c1-33-9-8-28-17-2-4-18(5-3-17)32-22-11-19(20(25)13-29-22)16-10-21(23(26)30-12-16)31-15-24(14-27)6-7-24/h10-13,17-18,28,31H,2-9,15H2,1H3,(H,29,32)/t17-,18-. The minimum atomic E-state index is -0.591. The number of ether oxygens (including phenoxy) is 1. The number of nitrogens with one attached hydrogen (secondary N) is 3. The van der Waals surface area contributed by atoms with E-state index in [2.05, 4.69) is 32.0 Å². The van der Waals surface area contributed by atoms with Crippen molar-refractivity contribution in [2.45, 2.75) is 50.6 Å². The number of pyridine rings is 2. The molecule has 2 aromatic rings. The Morgan fingerprint density at radius 2 is 1.94 bits per heavy atom. The summed E-state index contributed by atoms with van der Waals surface area (Å²) in [5.41, 5.74) is 1.32. The highest BCUT2D eigenvalue weighted by molar-refractivity contribution is 6.33. The highest BCUT2D eigenvalue weighted by Crippen LogP contribution is 2.45. The van der Waals surface area contributed by atoms with Crippen LogP contribution in [0, 0.1) is 22.7 Å². The Hall–Kier alpha value is -2.47. The van der Waals surface area contributed by atoms with Crippen LogP contribution < -0.4 is 16.0 Å². The molecule has 0 saturated heterocycles. The largest absolute Gasteiger partial charge is 0.383 e. The maximum absolute atomic E-state index is 14.3. The number of nitriles is 1. The molecule has 2 aliphatic rings. The van der Waals surface area contributed by atoms with Gasteiger partial charge in [0, 0.05) is 55.8 Å². The average molecular weight is 473 g/mol. The first-order chi connectivity index (χ1) is 16.0. The van der Waals surface area contributed by atoms with Gasteiger partial charge in [0.2, 0.25) is 5.95 Å². The van der Waals surface area contributed by atoms with Crippen LogP contribution in [0.2, 0.25) is 5.02 Å². The third-order valence-electron chi connectivity index (χ3n) is 6.53. The van der Waals surface area contributed by atoms with Crippen molar-refractivity contribution in [2.75, 3.05) is 37.4 Å². The van der Waals surface area contributed by atoms with Gasteiger partial charge < -0.3 is 20.7 Å². The third kappa shape index (κ3) is 6.11. The van der Waals surface area contributed by atoms with Crippen LogP contribution in [0.4, 0.5) is 15.9 Å². The van der Waals surface area contributed by atoms with Gasteiger partial charge in [-0.2, -0.15) is 9.65 Å². The topological polar surface area (TPSA) is 94.9 Å². The van der Waals surface area contributed by atoms with E-state index in [1.165, 1.54) is 6.20 Å². The maximum Gasteiger partial charge on any atom is 0.236 e. The molecule has 4 rings (SSSR count). The average Bonchev–Trinajstić information content (AvgIpc) is 3.62. The Kier molecular flexibility index (Phi) is 7.63. The Balaban J connectivity index is 1.40. The molecule has 0 unspecified atom stereocenters. The number of nitrogens with zero attached hydrogens (tertiary/aromatic N) is 3.